The molecule has 1 aromatic heterocycles. The van der Waals surface area contributed by atoms with E-state index >= 15 is 0 Å². The van der Waals surface area contributed by atoms with Gasteiger partial charge in [0.05, 0.1) is 18.2 Å². The molecule has 35 heavy (non-hydrogen) atoms. The van der Waals surface area contributed by atoms with Crippen LogP contribution in [0.4, 0.5) is 22.0 Å². The fraction of sp³-hybridized carbons (Fsp3) is 0.591. The van der Waals surface area contributed by atoms with E-state index in [0.29, 0.717) is 25.7 Å². The molecule has 2 saturated heterocycles. The van der Waals surface area contributed by atoms with Crippen LogP contribution < -0.4 is 10.1 Å². The zero-order valence-corrected chi connectivity index (χ0v) is 18.4. The maximum absolute atomic E-state index is 13.3. The summed E-state index contributed by atoms with van der Waals surface area (Å²) in [6.45, 7) is -0.169. The molecule has 1 aromatic carbocycles. The fourth-order valence-corrected chi connectivity index (χ4v) is 4.82. The second-order valence-corrected chi connectivity index (χ2v) is 9.28. The van der Waals surface area contributed by atoms with Gasteiger partial charge in [0.25, 0.3) is 5.91 Å². The second-order valence-electron chi connectivity index (χ2n) is 9.28. The molecule has 8 nitrogen and oxygen atoms in total. The van der Waals surface area contributed by atoms with Crippen molar-refractivity contribution in [3.8, 4) is 5.75 Å². The molecule has 0 atom stereocenters. The van der Waals surface area contributed by atoms with Gasteiger partial charge in [-0.25, -0.2) is 8.78 Å². The van der Waals surface area contributed by atoms with E-state index in [1.54, 1.807) is 0 Å². The highest BCUT2D eigenvalue weighted by atomic mass is 19.4. The zero-order valence-electron chi connectivity index (χ0n) is 18.4. The maximum atomic E-state index is 13.3. The van der Waals surface area contributed by atoms with Gasteiger partial charge in [-0.3, -0.25) is 9.53 Å². The molecule has 13 heteroatoms. The van der Waals surface area contributed by atoms with E-state index in [2.05, 4.69) is 20.3 Å². The molecule has 4 fully saturated rings. The van der Waals surface area contributed by atoms with Crippen LogP contribution in [-0.4, -0.2) is 47.3 Å². The Hall–Kier alpha value is -2.80. The van der Waals surface area contributed by atoms with Crippen molar-refractivity contribution >= 4 is 5.91 Å². The van der Waals surface area contributed by atoms with E-state index < -0.39 is 41.1 Å². The third-order valence-electron chi connectivity index (χ3n) is 6.88. The van der Waals surface area contributed by atoms with Gasteiger partial charge in [-0.2, -0.15) is 0 Å². The number of nitrogens with one attached hydrogen (secondary N) is 1. The predicted octanol–water partition coefficient (Wildman–Crippen LogP) is 3.86. The molecule has 2 saturated carbocycles. The maximum Gasteiger partial charge on any atom is 0.522 e. The van der Waals surface area contributed by atoms with Crippen LogP contribution in [0.5, 0.6) is 5.75 Å². The monoisotopic (exact) mass is 503 g/mol. The fourth-order valence-electron chi connectivity index (χ4n) is 4.82. The van der Waals surface area contributed by atoms with Gasteiger partial charge in [0.15, 0.2) is 18.2 Å². The molecule has 2 aliphatic heterocycles. The first-order chi connectivity index (χ1) is 16.5. The largest absolute Gasteiger partial charge is 0.522 e. The normalized spacial score (nSPS) is 30.1. The summed E-state index contributed by atoms with van der Waals surface area (Å²) in [6, 6.07) is 3.01. The van der Waals surface area contributed by atoms with Crippen molar-refractivity contribution in [3.63, 3.8) is 0 Å². The van der Waals surface area contributed by atoms with Crippen LogP contribution in [0.1, 0.15) is 56.2 Å². The molecular weight excluding hydrogens is 481 g/mol. The third-order valence-corrected chi connectivity index (χ3v) is 6.88. The van der Waals surface area contributed by atoms with E-state index in [1.807, 2.05) is 0 Å². The Morgan fingerprint density at radius 1 is 1.11 bits per heavy atom. The third kappa shape index (κ3) is 4.96. The quantitative estimate of drug-likeness (QED) is 0.574. The second kappa shape index (κ2) is 8.70. The number of carbonyl (C=O) groups excluding carboxylic acids is 1. The minimum atomic E-state index is -4.67. The molecule has 190 valence electrons. The van der Waals surface area contributed by atoms with E-state index in [4.69, 9.17) is 13.9 Å². The van der Waals surface area contributed by atoms with E-state index in [-0.39, 0.29) is 49.5 Å². The summed E-state index contributed by atoms with van der Waals surface area (Å²) < 4.78 is 84.3. The number of hydrogen-bond acceptors (Lipinski definition) is 7. The van der Waals surface area contributed by atoms with Gasteiger partial charge in [0.2, 0.25) is 11.8 Å². The average molecular weight is 503 g/mol. The van der Waals surface area contributed by atoms with E-state index in [1.165, 1.54) is 6.07 Å². The number of amides is 1. The van der Waals surface area contributed by atoms with Gasteiger partial charge in [0.1, 0.15) is 11.4 Å². The van der Waals surface area contributed by atoms with Crippen LogP contribution in [0.25, 0.3) is 0 Å². The van der Waals surface area contributed by atoms with Gasteiger partial charge >= 0.3 is 6.36 Å². The van der Waals surface area contributed by atoms with Crippen LogP contribution >= 0.6 is 0 Å². The van der Waals surface area contributed by atoms with Crippen LogP contribution in [-0.2, 0) is 19.9 Å². The molecule has 3 heterocycles. The Balaban J connectivity index is 1.13. The topological polar surface area (TPSA) is 95.7 Å². The summed E-state index contributed by atoms with van der Waals surface area (Å²) in [6.07, 6.45) is -3.12. The number of aromatic nitrogens is 2. The molecule has 2 bridgehead atoms. The van der Waals surface area contributed by atoms with Crippen molar-refractivity contribution in [1.82, 2.24) is 15.5 Å². The van der Waals surface area contributed by atoms with Crippen LogP contribution in [0.15, 0.2) is 22.6 Å². The number of hydrogen-bond donors (Lipinski definition) is 1. The van der Waals surface area contributed by atoms with Gasteiger partial charge in [0, 0.05) is 12.0 Å². The molecule has 1 N–H and O–H groups in total. The molecule has 0 spiro atoms. The highest BCUT2D eigenvalue weighted by Crippen LogP contribution is 2.50. The van der Waals surface area contributed by atoms with Crippen molar-refractivity contribution in [1.29, 1.82) is 0 Å². The van der Waals surface area contributed by atoms with Crippen molar-refractivity contribution in [2.45, 2.75) is 68.0 Å². The van der Waals surface area contributed by atoms with Gasteiger partial charge in [-0.15, -0.1) is 23.4 Å². The lowest BCUT2D eigenvalue weighted by molar-refractivity contribution is -0.352. The Labute approximate surface area is 196 Å². The Morgan fingerprint density at radius 3 is 2.49 bits per heavy atom. The highest BCUT2D eigenvalue weighted by Gasteiger charge is 2.54. The molecule has 2 aromatic rings. The SMILES string of the molecule is O=C(COc1ccc(F)c(F)c1)NC12CCC(c3nnc([C@H]4C[C@@H](OC(F)(F)F)C4)o3)(CC1)OC2. The lowest BCUT2D eigenvalue weighted by atomic mass is 9.71. The van der Waals surface area contributed by atoms with E-state index in [9.17, 15) is 26.7 Å². The molecule has 0 unspecified atom stereocenters. The Bertz CT molecular complexity index is 1080. The first-order valence-electron chi connectivity index (χ1n) is 11.2. The number of rotatable bonds is 7. The number of alkyl halides is 3. The summed E-state index contributed by atoms with van der Waals surface area (Å²) in [5.74, 6) is -2.20. The Morgan fingerprint density at radius 2 is 1.86 bits per heavy atom. The summed E-state index contributed by atoms with van der Waals surface area (Å²) in [5, 5.41) is 11.0. The predicted molar refractivity (Wildman–Crippen MR) is 106 cm³/mol. The number of carbonyl (C=O) groups is 1. The van der Waals surface area contributed by atoms with Gasteiger partial charge < -0.3 is 19.2 Å². The zero-order chi connectivity index (χ0) is 24.8. The number of nitrogens with zero attached hydrogens (tertiary/aromatic N) is 2. The van der Waals surface area contributed by atoms with Gasteiger partial charge in [-0.05, 0) is 50.7 Å². The van der Waals surface area contributed by atoms with Crippen LogP contribution in [0.2, 0.25) is 0 Å². The van der Waals surface area contributed by atoms with Crippen LogP contribution in [0.3, 0.4) is 0 Å². The van der Waals surface area contributed by atoms with Crippen LogP contribution in [0, 0.1) is 11.6 Å². The average Bonchev–Trinajstić information content (AvgIpc) is 3.28. The van der Waals surface area contributed by atoms with Crippen molar-refractivity contribution in [2.24, 2.45) is 0 Å². The van der Waals surface area contributed by atoms with E-state index in [0.717, 1.165) is 12.1 Å². The minimum absolute atomic E-state index is 0.0362. The lowest BCUT2D eigenvalue weighted by Gasteiger charge is -2.51. The van der Waals surface area contributed by atoms with Crippen molar-refractivity contribution in [3.05, 3.63) is 41.6 Å². The summed E-state index contributed by atoms with van der Waals surface area (Å²) in [5.41, 5.74) is -1.40. The smallest absolute Gasteiger partial charge is 0.484 e. The first kappa shape index (κ1) is 23.9. The Kier molecular flexibility index (Phi) is 5.94. The molecule has 1 amide bonds. The summed E-state index contributed by atoms with van der Waals surface area (Å²) in [7, 11) is 0. The molecule has 6 rings (SSSR count). The summed E-state index contributed by atoms with van der Waals surface area (Å²) >= 11 is 0. The minimum Gasteiger partial charge on any atom is -0.484 e. The molecule has 0 radical (unpaired) electrons. The van der Waals surface area contributed by atoms with Gasteiger partial charge in [-0.1, -0.05) is 0 Å². The standard InChI is InChI=1S/C22H22F5N3O5/c23-15-2-1-13(9-16(15)24)32-10-17(31)28-20-3-5-21(6-4-20,33-11-20)19-30-29-18(34-19)12-7-14(8-12)35-22(25,26)27/h1-2,9,12,14H,3-8,10-11H2,(H,28,31)/t12-,14+,20?,21?. The first-order valence-corrected chi connectivity index (χ1v) is 11.2. The molecular formula is C22H22F5N3O5. The molecule has 4 aliphatic rings. The van der Waals surface area contributed by atoms with Crippen molar-refractivity contribution in [2.75, 3.05) is 13.2 Å². The summed E-state index contributed by atoms with van der Waals surface area (Å²) in [4.78, 5) is 12.4. The highest BCUT2D eigenvalue weighted by molar-refractivity contribution is 5.78. The number of fused-ring (bicyclic) bond motifs is 3. The lowest BCUT2D eigenvalue weighted by Crippen LogP contribution is -2.62. The number of ether oxygens (including phenoxy) is 3. The number of halogens is 5. The molecule has 2 aliphatic carbocycles. The number of benzene rings is 1. The van der Waals surface area contributed by atoms with Crippen molar-refractivity contribution < 1.29 is 45.4 Å².